The molecule has 0 aromatic heterocycles. The summed E-state index contributed by atoms with van der Waals surface area (Å²) < 4.78 is 0. The van der Waals surface area contributed by atoms with Crippen LogP contribution < -0.4 is 5.73 Å². The fourth-order valence-corrected chi connectivity index (χ4v) is 1.23. The molecule has 0 aliphatic heterocycles. The van der Waals surface area contributed by atoms with Crippen molar-refractivity contribution in [3.8, 4) is 0 Å². The highest BCUT2D eigenvalue weighted by Crippen LogP contribution is 2.22. The molecule has 0 saturated heterocycles. The first-order chi connectivity index (χ1) is 4.22. The van der Waals surface area contributed by atoms with Gasteiger partial charge in [-0.25, -0.2) is 0 Å². The van der Waals surface area contributed by atoms with Crippen molar-refractivity contribution in [3.63, 3.8) is 0 Å². The Bertz CT molecular complexity index is 118. The Morgan fingerprint density at radius 1 is 1.44 bits per heavy atom. The van der Waals surface area contributed by atoms with E-state index < -0.39 is 0 Å². The lowest BCUT2D eigenvalue weighted by Gasteiger charge is -2.26. The van der Waals surface area contributed by atoms with E-state index in [1.165, 1.54) is 0 Å². The summed E-state index contributed by atoms with van der Waals surface area (Å²) in [6.07, 6.45) is 5.51. The van der Waals surface area contributed by atoms with E-state index in [4.69, 9.17) is 5.73 Å². The van der Waals surface area contributed by atoms with E-state index in [2.05, 4.69) is 26.0 Å². The molecule has 52 valence electrons. The minimum absolute atomic E-state index is 0.394. The van der Waals surface area contributed by atoms with Crippen LogP contribution in [0.3, 0.4) is 0 Å². The van der Waals surface area contributed by atoms with Gasteiger partial charge in [-0.3, -0.25) is 0 Å². The molecular weight excluding hydrogens is 110 g/mol. The average Bonchev–Trinajstić information content (AvgIpc) is 1.83. The Morgan fingerprint density at radius 3 is 2.56 bits per heavy atom. The quantitative estimate of drug-likeness (QED) is 0.488. The number of hydrogen-bond donors (Lipinski definition) is 1. The van der Waals surface area contributed by atoms with Crippen LogP contribution in [0, 0.1) is 11.8 Å². The van der Waals surface area contributed by atoms with Crippen molar-refractivity contribution in [1.82, 2.24) is 0 Å². The number of allylic oxidation sites excluding steroid dienone is 1. The Balaban J connectivity index is 2.58. The lowest BCUT2D eigenvalue weighted by atomic mass is 9.83. The van der Waals surface area contributed by atoms with E-state index in [0.717, 1.165) is 6.42 Å². The Labute approximate surface area is 56.9 Å². The zero-order valence-corrected chi connectivity index (χ0v) is 6.17. The van der Waals surface area contributed by atoms with Crippen molar-refractivity contribution < 1.29 is 0 Å². The molecule has 1 aliphatic carbocycles. The summed E-state index contributed by atoms with van der Waals surface area (Å²) in [6, 6.07) is 0.394. The third kappa shape index (κ3) is 1.33. The minimum atomic E-state index is 0.394. The molecule has 0 fully saturated rings. The maximum atomic E-state index is 5.82. The number of rotatable bonds is 0. The van der Waals surface area contributed by atoms with Gasteiger partial charge in [-0.15, -0.1) is 0 Å². The van der Waals surface area contributed by atoms with Gasteiger partial charge < -0.3 is 5.73 Å². The second kappa shape index (κ2) is 2.53. The summed E-state index contributed by atoms with van der Waals surface area (Å²) in [5.41, 5.74) is 5.82. The van der Waals surface area contributed by atoms with E-state index in [1.807, 2.05) is 0 Å². The molecule has 9 heavy (non-hydrogen) atoms. The van der Waals surface area contributed by atoms with Gasteiger partial charge in [-0.2, -0.15) is 0 Å². The van der Waals surface area contributed by atoms with Crippen LogP contribution in [-0.2, 0) is 0 Å². The largest absolute Gasteiger partial charge is 0.327 e. The van der Waals surface area contributed by atoms with Crippen molar-refractivity contribution in [2.24, 2.45) is 17.6 Å². The lowest BCUT2D eigenvalue weighted by Crippen LogP contribution is -2.33. The maximum absolute atomic E-state index is 5.82. The van der Waals surface area contributed by atoms with Crippen LogP contribution in [0.25, 0.3) is 0 Å². The second-order valence-electron chi connectivity index (χ2n) is 3.05. The molecule has 3 atom stereocenters. The third-order valence-electron chi connectivity index (χ3n) is 2.35. The smallest absolute Gasteiger partial charge is 0.0105 e. The molecular formula is C8H15N. The molecule has 0 radical (unpaired) electrons. The molecule has 0 aromatic carbocycles. The summed E-state index contributed by atoms with van der Waals surface area (Å²) >= 11 is 0. The molecule has 0 bridgehead atoms. The van der Waals surface area contributed by atoms with Gasteiger partial charge in [-0.1, -0.05) is 26.0 Å². The van der Waals surface area contributed by atoms with E-state index in [0.29, 0.717) is 17.9 Å². The molecule has 1 aliphatic rings. The van der Waals surface area contributed by atoms with Gasteiger partial charge in [0, 0.05) is 6.04 Å². The Hall–Kier alpha value is -0.300. The highest BCUT2D eigenvalue weighted by Gasteiger charge is 2.19. The molecule has 0 saturated carbocycles. The van der Waals surface area contributed by atoms with Gasteiger partial charge >= 0.3 is 0 Å². The Kier molecular flexibility index (Phi) is 1.91. The predicted octanol–water partition coefficient (Wildman–Crippen LogP) is 1.55. The van der Waals surface area contributed by atoms with Crippen LogP contribution in [0.1, 0.15) is 20.3 Å². The average molecular weight is 125 g/mol. The molecule has 0 amide bonds. The van der Waals surface area contributed by atoms with E-state index >= 15 is 0 Å². The molecule has 0 spiro atoms. The molecule has 0 heterocycles. The molecule has 1 heteroatoms. The SMILES string of the molecule is CC1C=CCC(N)C1C. The third-order valence-corrected chi connectivity index (χ3v) is 2.35. The van der Waals surface area contributed by atoms with Crippen molar-refractivity contribution in [3.05, 3.63) is 12.2 Å². The normalized spacial score (nSPS) is 43.2. The first-order valence-corrected chi connectivity index (χ1v) is 3.64. The van der Waals surface area contributed by atoms with Crippen molar-refractivity contribution in [2.45, 2.75) is 26.3 Å². The summed E-state index contributed by atoms with van der Waals surface area (Å²) in [5.74, 6) is 1.34. The van der Waals surface area contributed by atoms with Gasteiger partial charge in [0.2, 0.25) is 0 Å². The van der Waals surface area contributed by atoms with Crippen LogP contribution >= 0.6 is 0 Å². The van der Waals surface area contributed by atoms with Crippen LogP contribution in [0.2, 0.25) is 0 Å². The molecule has 0 aromatic rings. The summed E-state index contributed by atoms with van der Waals surface area (Å²) in [7, 11) is 0. The van der Waals surface area contributed by atoms with Crippen molar-refractivity contribution >= 4 is 0 Å². The van der Waals surface area contributed by atoms with Crippen LogP contribution in [0.5, 0.6) is 0 Å². The number of hydrogen-bond acceptors (Lipinski definition) is 1. The van der Waals surface area contributed by atoms with E-state index in [9.17, 15) is 0 Å². The molecule has 2 N–H and O–H groups in total. The minimum Gasteiger partial charge on any atom is -0.327 e. The van der Waals surface area contributed by atoms with Gasteiger partial charge in [0.15, 0.2) is 0 Å². The first-order valence-electron chi connectivity index (χ1n) is 3.64. The fraction of sp³-hybridized carbons (Fsp3) is 0.750. The van der Waals surface area contributed by atoms with Crippen molar-refractivity contribution in [2.75, 3.05) is 0 Å². The van der Waals surface area contributed by atoms with Gasteiger partial charge in [0.05, 0.1) is 0 Å². The van der Waals surface area contributed by atoms with Gasteiger partial charge in [0.25, 0.3) is 0 Å². The lowest BCUT2D eigenvalue weighted by molar-refractivity contribution is 0.359. The Morgan fingerprint density at radius 2 is 2.11 bits per heavy atom. The summed E-state index contributed by atoms with van der Waals surface area (Å²) in [4.78, 5) is 0. The van der Waals surface area contributed by atoms with E-state index in [-0.39, 0.29) is 0 Å². The van der Waals surface area contributed by atoms with Gasteiger partial charge in [-0.05, 0) is 18.3 Å². The second-order valence-corrected chi connectivity index (χ2v) is 3.05. The summed E-state index contributed by atoms with van der Waals surface area (Å²) in [5, 5.41) is 0. The fourth-order valence-electron chi connectivity index (χ4n) is 1.23. The van der Waals surface area contributed by atoms with Crippen LogP contribution in [0.4, 0.5) is 0 Å². The zero-order chi connectivity index (χ0) is 6.85. The number of nitrogens with two attached hydrogens (primary N) is 1. The summed E-state index contributed by atoms with van der Waals surface area (Å²) in [6.45, 7) is 4.44. The molecule has 1 nitrogen and oxygen atoms in total. The first kappa shape index (κ1) is 6.81. The maximum Gasteiger partial charge on any atom is 0.0105 e. The predicted molar refractivity (Wildman–Crippen MR) is 40.1 cm³/mol. The standard InChI is InChI=1S/C8H15N/c1-6-4-3-5-8(9)7(6)2/h3-4,6-8H,5,9H2,1-2H3. The van der Waals surface area contributed by atoms with Crippen LogP contribution in [0.15, 0.2) is 12.2 Å². The highest BCUT2D eigenvalue weighted by molar-refractivity contribution is 4.99. The molecule has 3 unspecified atom stereocenters. The molecule has 1 rings (SSSR count). The van der Waals surface area contributed by atoms with Crippen molar-refractivity contribution in [1.29, 1.82) is 0 Å². The van der Waals surface area contributed by atoms with Crippen LogP contribution in [-0.4, -0.2) is 6.04 Å². The zero-order valence-electron chi connectivity index (χ0n) is 6.17. The van der Waals surface area contributed by atoms with Gasteiger partial charge in [0.1, 0.15) is 0 Å². The topological polar surface area (TPSA) is 26.0 Å². The highest BCUT2D eigenvalue weighted by atomic mass is 14.6. The van der Waals surface area contributed by atoms with E-state index in [1.54, 1.807) is 0 Å². The monoisotopic (exact) mass is 125 g/mol.